The Kier molecular flexibility index (Phi) is 3.06. The predicted molar refractivity (Wildman–Crippen MR) is 48.6 cm³/mol. The largest absolute Gasteiger partial charge is 0.476 e. The van der Waals surface area contributed by atoms with Crippen molar-refractivity contribution in [3.8, 4) is 0 Å². The molecule has 0 spiro atoms. The molecule has 0 unspecified atom stereocenters. The molecule has 72 valence electrons. The van der Waals surface area contributed by atoms with Crippen molar-refractivity contribution in [3.63, 3.8) is 0 Å². The lowest BCUT2D eigenvalue weighted by atomic mass is 10.2. The van der Waals surface area contributed by atoms with Crippen molar-refractivity contribution in [2.45, 2.75) is 19.8 Å². The van der Waals surface area contributed by atoms with Crippen molar-refractivity contribution in [3.05, 3.63) is 12.2 Å². The van der Waals surface area contributed by atoms with Crippen LogP contribution in [0.25, 0.3) is 0 Å². The Labute approximate surface area is 76.9 Å². The van der Waals surface area contributed by atoms with Gasteiger partial charge in [-0.2, -0.15) is 0 Å². The number of hydrogen-bond acceptors (Lipinski definition) is 3. The minimum atomic E-state index is -1.09. The van der Waals surface area contributed by atoms with Crippen LogP contribution in [-0.4, -0.2) is 23.4 Å². The summed E-state index contributed by atoms with van der Waals surface area (Å²) in [6.07, 6.45) is 2.32. The molecule has 1 rings (SSSR count). The van der Waals surface area contributed by atoms with Crippen LogP contribution in [0.15, 0.2) is 17.3 Å². The molecule has 1 saturated carbocycles. The van der Waals surface area contributed by atoms with Gasteiger partial charge in [-0.1, -0.05) is 11.7 Å². The number of rotatable bonds is 5. The summed E-state index contributed by atoms with van der Waals surface area (Å²) in [6, 6.07) is 0. The third-order valence-corrected chi connectivity index (χ3v) is 1.77. The van der Waals surface area contributed by atoms with Gasteiger partial charge < -0.3 is 9.94 Å². The Hall–Kier alpha value is -1.32. The molecule has 0 aromatic carbocycles. The Bertz CT molecular complexity index is 238. The van der Waals surface area contributed by atoms with E-state index in [0.29, 0.717) is 18.1 Å². The molecule has 0 aliphatic heterocycles. The Morgan fingerprint density at radius 2 is 2.31 bits per heavy atom. The average Bonchev–Trinajstić information content (AvgIpc) is 2.79. The van der Waals surface area contributed by atoms with Gasteiger partial charge in [0.05, 0.1) is 0 Å². The first-order valence-electron chi connectivity index (χ1n) is 4.20. The molecular weight excluding hydrogens is 170 g/mol. The molecular formula is C9H13NO3. The number of nitrogens with zero attached hydrogens (tertiary/aromatic N) is 1. The summed E-state index contributed by atoms with van der Waals surface area (Å²) in [7, 11) is 0. The number of carboxylic acid groups (broad SMARTS) is 1. The third kappa shape index (κ3) is 3.27. The Balaban J connectivity index is 2.41. The van der Waals surface area contributed by atoms with Crippen LogP contribution in [0.5, 0.6) is 0 Å². The summed E-state index contributed by atoms with van der Waals surface area (Å²) in [5, 5.41) is 12.2. The SMILES string of the molecule is C=C(C)/C(=N/OCC1CC1)C(=O)O. The fraction of sp³-hybridized carbons (Fsp3) is 0.556. The predicted octanol–water partition coefficient (Wildman–Crippen LogP) is 1.43. The molecule has 0 bridgehead atoms. The van der Waals surface area contributed by atoms with Crippen LogP contribution in [0.1, 0.15) is 19.8 Å². The van der Waals surface area contributed by atoms with Gasteiger partial charge in [0, 0.05) is 0 Å². The van der Waals surface area contributed by atoms with E-state index in [2.05, 4.69) is 11.7 Å². The highest BCUT2D eigenvalue weighted by atomic mass is 16.6. The van der Waals surface area contributed by atoms with E-state index >= 15 is 0 Å². The molecule has 0 atom stereocenters. The van der Waals surface area contributed by atoms with Gasteiger partial charge in [-0.15, -0.1) is 0 Å². The molecule has 1 fully saturated rings. The summed E-state index contributed by atoms with van der Waals surface area (Å²) in [4.78, 5) is 15.4. The maximum Gasteiger partial charge on any atom is 0.358 e. The second-order valence-corrected chi connectivity index (χ2v) is 3.26. The fourth-order valence-electron chi connectivity index (χ4n) is 0.791. The highest BCUT2D eigenvalue weighted by molar-refractivity contribution is 6.42. The first-order chi connectivity index (χ1) is 6.11. The minimum Gasteiger partial charge on any atom is -0.476 e. The quantitative estimate of drug-likeness (QED) is 0.518. The van der Waals surface area contributed by atoms with Crippen LogP contribution in [0.2, 0.25) is 0 Å². The maximum absolute atomic E-state index is 10.6. The second-order valence-electron chi connectivity index (χ2n) is 3.26. The number of carbonyl (C=O) groups is 1. The van der Waals surface area contributed by atoms with Gasteiger partial charge in [0.25, 0.3) is 0 Å². The summed E-state index contributed by atoms with van der Waals surface area (Å²) in [5.41, 5.74) is 0.309. The lowest BCUT2D eigenvalue weighted by molar-refractivity contribution is -0.129. The Morgan fingerprint density at radius 1 is 1.69 bits per heavy atom. The summed E-state index contributed by atoms with van der Waals surface area (Å²) in [6.45, 7) is 5.61. The average molecular weight is 183 g/mol. The second kappa shape index (κ2) is 4.07. The number of carboxylic acids is 1. The zero-order valence-electron chi connectivity index (χ0n) is 7.62. The van der Waals surface area contributed by atoms with Crippen molar-refractivity contribution in [2.75, 3.05) is 6.61 Å². The van der Waals surface area contributed by atoms with E-state index < -0.39 is 5.97 Å². The lowest BCUT2D eigenvalue weighted by Crippen LogP contribution is -2.14. The fourth-order valence-corrected chi connectivity index (χ4v) is 0.791. The van der Waals surface area contributed by atoms with E-state index in [1.807, 2.05) is 0 Å². The molecule has 0 radical (unpaired) electrons. The molecule has 0 aromatic rings. The van der Waals surface area contributed by atoms with Crippen molar-refractivity contribution in [1.29, 1.82) is 0 Å². The van der Waals surface area contributed by atoms with Crippen molar-refractivity contribution in [2.24, 2.45) is 11.1 Å². The monoisotopic (exact) mass is 183 g/mol. The molecule has 1 aliphatic rings. The molecule has 4 heteroatoms. The van der Waals surface area contributed by atoms with Gasteiger partial charge >= 0.3 is 5.97 Å². The van der Waals surface area contributed by atoms with Gasteiger partial charge in [0.15, 0.2) is 5.71 Å². The molecule has 0 heterocycles. The first kappa shape index (κ1) is 9.77. The molecule has 0 saturated heterocycles. The van der Waals surface area contributed by atoms with Gasteiger partial charge in [-0.25, -0.2) is 4.79 Å². The standard InChI is InChI=1S/C9H13NO3/c1-6(2)8(9(11)12)10-13-5-7-3-4-7/h7H,1,3-5H2,2H3,(H,11,12)/b10-8-. The van der Waals surface area contributed by atoms with Gasteiger partial charge in [-0.05, 0) is 31.3 Å². The summed E-state index contributed by atoms with van der Waals surface area (Å²) >= 11 is 0. The van der Waals surface area contributed by atoms with E-state index in [4.69, 9.17) is 9.94 Å². The minimum absolute atomic E-state index is 0.0966. The third-order valence-electron chi connectivity index (χ3n) is 1.77. The smallest absolute Gasteiger partial charge is 0.358 e. The topological polar surface area (TPSA) is 58.9 Å². The zero-order chi connectivity index (χ0) is 9.84. The summed E-state index contributed by atoms with van der Waals surface area (Å²) in [5.74, 6) is -0.521. The number of hydrogen-bond donors (Lipinski definition) is 1. The van der Waals surface area contributed by atoms with Crippen LogP contribution in [0.4, 0.5) is 0 Å². The van der Waals surface area contributed by atoms with Crippen LogP contribution in [0.3, 0.4) is 0 Å². The molecule has 0 amide bonds. The molecule has 4 nitrogen and oxygen atoms in total. The highest BCUT2D eigenvalue weighted by Gasteiger charge is 2.22. The van der Waals surface area contributed by atoms with E-state index in [1.54, 1.807) is 6.92 Å². The van der Waals surface area contributed by atoms with Gasteiger partial charge in [0.2, 0.25) is 0 Å². The molecule has 1 aliphatic carbocycles. The molecule has 1 N–H and O–H groups in total. The Morgan fingerprint density at radius 3 is 2.69 bits per heavy atom. The lowest BCUT2D eigenvalue weighted by Gasteiger charge is -2.00. The van der Waals surface area contributed by atoms with Gasteiger partial charge in [-0.3, -0.25) is 0 Å². The zero-order valence-corrected chi connectivity index (χ0v) is 7.62. The normalized spacial score (nSPS) is 16.8. The summed E-state index contributed by atoms with van der Waals surface area (Å²) < 4.78 is 0. The first-order valence-corrected chi connectivity index (χ1v) is 4.20. The molecule has 0 aromatic heterocycles. The van der Waals surface area contributed by atoms with Crippen molar-refractivity contribution in [1.82, 2.24) is 0 Å². The van der Waals surface area contributed by atoms with E-state index in [-0.39, 0.29) is 5.71 Å². The van der Waals surface area contributed by atoms with Crippen LogP contribution < -0.4 is 0 Å². The van der Waals surface area contributed by atoms with Crippen LogP contribution in [-0.2, 0) is 9.63 Å². The molecule has 13 heavy (non-hydrogen) atoms. The number of oxime groups is 1. The van der Waals surface area contributed by atoms with E-state index in [9.17, 15) is 4.79 Å². The number of aliphatic carboxylic acids is 1. The van der Waals surface area contributed by atoms with Gasteiger partial charge in [0.1, 0.15) is 6.61 Å². The van der Waals surface area contributed by atoms with E-state index in [0.717, 1.165) is 12.8 Å². The van der Waals surface area contributed by atoms with Crippen molar-refractivity contribution >= 4 is 11.7 Å². The maximum atomic E-state index is 10.6. The van der Waals surface area contributed by atoms with E-state index in [1.165, 1.54) is 0 Å². The highest BCUT2D eigenvalue weighted by Crippen LogP contribution is 2.28. The van der Waals surface area contributed by atoms with Crippen molar-refractivity contribution < 1.29 is 14.7 Å². The van der Waals surface area contributed by atoms with Crippen LogP contribution >= 0.6 is 0 Å². The van der Waals surface area contributed by atoms with Crippen LogP contribution in [0, 0.1) is 5.92 Å².